The maximum atomic E-state index is 13.1. The van der Waals surface area contributed by atoms with Gasteiger partial charge in [0.25, 0.3) is 0 Å². The number of aromatic hydroxyl groups is 1. The Morgan fingerprint density at radius 1 is 0.941 bits per heavy atom. The van der Waals surface area contributed by atoms with Crippen LogP contribution in [0.25, 0.3) is 0 Å². The molecule has 1 atom stereocenters. The molecule has 0 aromatic heterocycles. The first kappa shape index (κ1) is 23.8. The molecule has 1 heterocycles. The molecular weight excluding hydrogens is 424 g/mol. The maximum absolute atomic E-state index is 13.1. The molecule has 1 amide bonds. The largest absolute Gasteiger partial charge is 0.508 e. The van der Waals surface area contributed by atoms with E-state index in [1.54, 1.807) is 24.3 Å². The fourth-order valence-electron chi connectivity index (χ4n) is 5.05. The molecule has 5 nitrogen and oxygen atoms in total. The number of amides is 1. The summed E-state index contributed by atoms with van der Waals surface area (Å²) in [4.78, 5) is 15.6. The number of hydrogen-bond donors (Lipinski definition) is 2. The lowest BCUT2D eigenvalue weighted by Crippen LogP contribution is -2.47. The fourth-order valence-corrected chi connectivity index (χ4v) is 5.05. The highest BCUT2D eigenvalue weighted by Gasteiger charge is 2.43. The molecule has 3 N–H and O–H groups in total. The summed E-state index contributed by atoms with van der Waals surface area (Å²) in [6.45, 7) is 6.21. The van der Waals surface area contributed by atoms with Gasteiger partial charge in [0.1, 0.15) is 17.6 Å². The molecule has 0 spiro atoms. The van der Waals surface area contributed by atoms with Gasteiger partial charge >= 0.3 is 0 Å². The molecule has 0 unspecified atom stereocenters. The van der Waals surface area contributed by atoms with Gasteiger partial charge in [-0.05, 0) is 68.5 Å². The lowest BCUT2D eigenvalue weighted by Gasteiger charge is -2.40. The van der Waals surface area contributed by atoms with Gasteiger partial charge in [-0.15, -0.1) is 0 Å². The van der Waals surface area contributed by atoms with Crippen LogP contribution in [0.5, 0.6) is 11.5 Å². The van der Waals surface area contributed by atoms with Crippen LogP contribution in [0, 0.1) is 0 Å². The highest BCUT2D eigenvalue weighted by molar-refractivity contribution is 5.90. The van der Waals surface area contributed by atoms with E-state index < -0.39 is 5.41 Å². The van der Waals surface area contributed by atoms with Gasteiger partial charge in [0.05, 0.1) is 5.41 Å². The summed E-state index contributed by atoms with van der Waals surface area (Å²) < 4.78 is 6.15. The average Bonchev–Trinajstić information content (AvgIpc) is 3.32. The fraction of sp³-hybridized carbons (Fsp3) is 0.345. The first-order valence-corrected chi connectivity index (χ1v) is 11.9. The molecule has 5 heteroatoms. The lowest BCUT2D eigenvalue weighted by atomic mass is 9.69. The van der Waals surface area contributed by atoms with Crippen LogP contribution in [-0.2, 0) is 10.2 Å². The van der Waals surface area contributed by atoms with E-state index >= 15 is 0 Å². The van der Waals surface area contributed by atoms with E-state index in [-0.39, 0.29) is 23.3 Å². The predicted octanol–water partition coefficient (Wildman–Crippen LogP) is 4.88. The molecule has 1 aliphatic heterocycles. The number of ether oxygens (including phenoxy) is 1. The minimum Gasteiger partial charge on any atom is -0.508 e. The number of rotatable bonds is 9. The van der Waals surface area contributed by atoms with E-state index in [1.165, 1.54) is 0 Å². The molecular formula is C29H34N2O3. The van der Waals surface area contributed by atoms with Crippen LogP contribution in [0.2, 0.25) is 0 Å². The standard InChI is InChI=1S/C29H34N2O3/c1-28(2,31-20-17-26(21-31)34-25-15-13-24(32)14-16-25)18-19-29(27(30)33,22-9-5-3-6-10-22)23-11-7-4-8-12-23/h3-16,26,32H,17-21H2,1-2H3,(H2,30,33)/t26-/m0/s1. The Labute approximate surface area is 202 Å². The first-order chi connectivity index (χ1) is 16.3. The second kappa shape index (κ2) is 9.90. The summed E-state index contributed by atoms with van der Waals surface area (Å²) in [5.74, 6) is 0.676. The molecule has 1 fully saturated rings. The van der Waals surface area contributed by atoms with Crippen LogP contribution in [0.15, 0.2) is 84.9 Å². The van der Waals surface area contributed by atoms with Crippen molar-refractivity contribution in [1.29, 1.82) is 0 Å². The zero-order valence-corrected chi connectivity index (χ0v) is 20.0. The number of nitrogens with two attached hydrogens (primary N) is 1. The Bertz CT molecular complexity index is 1040. The van der Waals surface area contributed by atoms with Crippen LogP contribution in [-0.4, -0.2) is 40.6 Å². The van der Waals surface area contributed by atoms with Crippen LogP contribution in [0.1, 0.15) is 44.2 Å². The third-order valence-electron chi connectivity index (χ3n) is 7.21. The predicted molar refractivity (Wildman–Crippen MR) is 135 cm³/mol. The second-order valence-electron chi connectivity index (χ2n) is 9.78. The quantitative estimate of drug-likeness (QED) is 0.479. The summed E-state index contributed by atoms with van der Waals surface area (Å²) in [6, 6.07) is 26.7. The van der Waals surface area contributed by atoms with Gasteiger partial charge in [0, 0.05) is 18.6 Å². The van der Waals surface area contributed by atoms with Crippen molar-refractivity contribution in [2.45, 2.75) is 50.2 Å². The molecule has 0 saturated carbocycles. The number of likely N-dealkylation sites (tertiary alicyclic amines) is 1. The lowest BCUT2D eigenvalue weighted by molar-refractivity contribution is -0.122. The molecule has 0 radical (unpaired) electrons. The van der Waals surface area contributed by atoms with Crippen LogP contribution >= 0.6 is 0 Å². The summed E-state index contributed by atoms with van der Waals surface area (Å²) in [5, 5.41) is 9.50. The molecule has 1 aliphatic rings. The second-order valence-corrected chi connectivity index (χ2v) is 9.78. The van der Waals surface area contributed by atoms with Crippen molar-refractivity contribution in [3.63, 3.8) is 0 Å². The number of phenols is 1. The average molecular weight is 459 g/mol. The molecule has 0 aliphatic carbocycles. The SMILES string of the molecule is CC(C)(CCC(C(N)=O)(c1ccccc1)c1ccccc1)N1CC[C@H](Oc2ccc(O)cc2)C1. The summed E-state index contributed by atoms with van der Waals surface area (Å²) in [7, 11) is 0. The van der Waals surface area contributed by atoms with Crippen molar-refractivity contribution in [3.8, 4) is 11.5 Å². The summed E-state index contributed by atoms with van der Waals surface area (Å²) in [5.41, 5.74) is 6.98. The van der Waals surface area contributed by atoms with Gasteiger partial charge in [0.15, 0.2) is 0 Å². The smallest absolute Gasteiger partial charge is 0.232 e. The van der Waals surface area contributed by atoms with Crippen molar-refractivity contribution < 1.29 is 14.6 Å². The Morgan fingerprint density at radius 2 is 1.50 bits per heavy atom. The van der Waals surface area contributed by atoms with E-state index in [2.05, 4.69) is 18.7 Å². The highest BCUT2D eigenvalue weighted by atomic mass is 16.5. The van der Waals surface area contributed by atoms with Gasteiger partial charge in [-0.1, -0.05) is 60.7 Å². The Morgan fingerprint density at radius 3 is 2.03 bits per heavy atom. The third kappa shape index (κ3) is 4.95. The molecule has 0 bridgehead atoms. The number of hydrogen-bond acceptors (Lipinski definition) is 4. The van der Waals surface area contributed by atoms with Crippen molar-refractivity contribution >= 4 is 5.91 Å². The monoisotopic (exact) mass is 458 g/mol. The van der Waals surface area contributed by atoms with Gasteiger partial charge in [-0.25, -0.2) is 0 Å². The Hall–Kier alpha value is -3.31. The normalized spacial score (nSPS) is 16.9. The van der Waals surface area contributed by atoms with E-state index in [4.69, 9.17) is 10.5 Å². The summed E-state index contributed by atoms with van der Waals surface area (Å²) in [6.07, 6.45) is 2.44. The number of phenolic OH excluding ortho intramolecular Hbond substituents is 1. The van der Waals surface area contributed by atoms with Gasteiger partial charge in [-0.2, -0.15) is 0 Å². The molecule has 1 saturated heterocycles. The van der Waals surface area contributed by atoms with E-state index in [1.807, 2.05) is 60.7 Å². The van der Waals surface area contributed by atoms with Gasteiger partial charge in [0.2, 0.25) is 5.91 Å². The molecule has 34 heavy (non-hydrogen) atoms. The minimum absolute atomic E-state index is 0.0907. The zero-order chi connectivity index (χ0) is 24.2. The Kier molecular flexibility index (Phi) is 6.94. The van der Waals surface area contributed by atoms with Crippen LogP contribution in [0.3, 0.4) is 0 Å². The zero-order valence-electron chi connectivity index (χ0n) is 20.0. The van der Waals surface area contributed by atoms with Gasteiger partial charge < -0.3 is 15.6 Å². The van der Waals surface area contributed by atoms with Crippen LogP contribution in [0.4, 0.5) is 0 Å². The van der Waals surface area contributed by atoms with Crippen molar-refractivity contribution in [2.24, 2.45) is 5.73 Å². The highest BCUT2D eigenvalue weighted by Crippen LogP contribution is 2.40. The number of nitrogens with zero attached hydrogens (tertiary/aromatic N) is 1. The molecule has 178 valence electrons. The number of benzene rings is 3. The Balaban J connectivity index is 1.52. The van der Waals surface area contributed by atoms with E-state index in [0.29, 0.717) is 6.42 Å². The third-order valence-corrected chi connectivity index (χ3v) is 7.21. The topological polar surface area (TPSA) is 75.8 Å². The van der Waals surface area contributed by atoms with Crippen molar-refractivity contribution in [3.05, 3.63) is 96.1 Å². The van der Waals surface area contributed by atoms with Crippen molar-refractivity contribution in [2.75, 3.05) is 13.1 Å². The van der Waals surface area contributed by atoms with Gasteiger partial charge in [-0.3, -0.25) is 9.69 Å². The van der Waals surface area contributed by atoms with E-state index in [9.17, 15) is 9.90 Å². The summed E-state index contributed by atoms with van der Waals surface area (Å²) >= 11 is 0. The van der Waals surface area contributed by atoms with Crippen LogP contribution < -0.4 is 10.5 Å². The minimum atomic E-state index is -0.887. The molecule has 3 aromatic carbocycles. The maximum Gasteiger partial charge on any atom is 0.232 e. The molecule has 4 rings (SSSR count). The number of carbonyl (C=O) groups is 1. The molecule has 3 aromatic rings. The number of carbonyl (C=O) groups excluding carboxylic acids is 1. The van der Waals surface area contributed by atoms with Crippen molar-refractivity contribution in [1.82, 2.24) is 4.90 Å². The first-order valence-electron chi connectivity index (χ1n) is 11.9. The van der Waals surface area contributed by atoms with E-state index in [0.717, 1.165) is 42.8 Å². The number of primary amides is 1.